The molecule has 1 aliphatic heterocycles. The average molecular weight is 227 g/mol. The maximum atomic E-state index is 11.4. The first kappa shape index (κ1) is 9.43. The summed E-state index contributed by atoms with van der Waals surface area (Å²) in [7, 11) is 0. The lowest BCUT2D eigenvalue weighted by Gasteiger charge is -2.07. The number of carbonyl (C=O) groups excluding carboxylic acids is 1. The molecule has 0 bridgehead atoms. The van der Waals surface area contributed by atoms with Gasteiger partial charge in [-0.3, -0.25) is 4.79 Å². The second-order valence-corrected chi connectivity index (χ2v) is 3.79. The summed E-state index contributed by atoms with van der Waals surface area (Å²) in [5.41, 5.74) is 0.853. The molecule has 14 heavy (non-hydrogen) atoms. The van der Waals surface area contributed by atoms with Crippen LogP contribution in [0.25, 0.3) is 0 Å². The minimum atomic E-state index is -0.389. The first-order valence-electron chi connectivity index (χ1n) is 4.03. The van der Waals surface area contributed by atoms with Gasteiger partial charge in [-0.05, 0) is 29.9 Å². The van der Waals surface area contributed by atoms with Crippen LogP contribution in [0.5, 0.6) is 0 Å². The molecule has 1 fully saturated rings. The summed E-state index contributed by atoms with van der Waals surface area (Å²) in [5.74, 6) is -0.127. The van der Waals surface area contributed by atoms with Crippen LogP contribution in [0.2, 0.25) is 5.02 Å². The van der Waals surface area contributed by atoms with Gasteiger partial charge < -0.3 is 10.6 Å². The number of amides is 1. The van der Waals surface area contributed by atoms with Gasteiger partial charge in [-0.2, -0.15) is 0 Å². The Labute approximate surface area is 91.4 Å². The molecule has 5 heteroatoms. The lowest BCUT2D eigenvalue weighted by Crippen LogP contribution is -2.21. The number of halogens is 1. The zero-order valence-electron chi connectivity index (χ0n) is 7.08. The number of hydrogen-bond acceptors (Lipinski definition) is 2. The third-order valence-corrected chi connectivity index (χ3v) is 2.45. The van der Waals surface area contributed by atoms with E-state index in [1.165, 1.54) is 0 Å². The molecule has 0 unspecified atom stereocenters. The van der Waals surface area contributed by atoms with E-state index in [1.54, 1.807) is 24.3 Å². The van der Waals surface area contributed by atoms with Gasteiger partial charge in [-0.25, -0.2) is 0 Å². The fraction of sp³-hybridized carbons (Fsp3) is 0.111. The molecule has 1 saturated heterocycles. The molecule has 0 aromatic heterocycles. The zero-order valence-corrected chi connectivity index (χ0v) is 8.65. The van der Waals surface area contributed by atoms with Crippen LogP contribution in [-0.4, -0.2) is 11.0 Å². The summed E-state index contributed by atoms with van der Waals surface area (Å²) >= 11 is 10.6. The number of thiocarbonyl (C=S) groups is 1. The molecule has 0 radical (unpaired) electrons. The molecule has 1 heterocycles. The summed E-state index contributed by atoms with van der Waals surface area (Å²) < 4.78 is 0. The van der Waals surface area contributed by atoms with Crippen LogP contribution < -0.4 is 10.6 Å². The number of nitrogens with one attached hydrogen (secondary N) is 2. The normalized spacial score (nSPS) is 20.5. The van der Waals surface area contributed by atoms with Gasteiger partial charge >= 0.3 is 0 Å². The minimum Gasteiger partial charge on any atom is -0.347 e. The van der Waals surface area contributed by atoms with Crippen molar-refractivity contribution in [1.29, 1.82) is 0 Å². The number of benzene rings is 1. The van der Waals surface area contributed by atoms with Crippen molar-refractivity contribution in [2.24, 2.45) is 0 Å². The summed E-state index contributed by atoms with van der Waals surface area (Å²) in [5, 5.41) is 6.41. The molecular weight excluding hydrogens is 220 g/mol. The van der Waals surface area contributed by atoms with E-state index in [0.717, 1.165) is 5.56 Å². The van der Waals surface area contributed by atoms with Gasteiger partial charge in [0.1, 0.15) is 6.04 Å². The van der Waals surface area contributed by atoms with Crippen LogP contribution >= 0.6 is 23.8 Å². The molecule has 0 aliphatic carbocycles. The topological polar surface area (TPSA) is 41.1 Å². The molecule has 0 spiro atoms. The quantitative estimate of drug-likeness (QED) is 0.711. The number of rotatable bonds is 1. The van der Waals surface area contributed by atoms with Crippen molar-refractivity contribution >= 4 is 34.8 Å². The fourth-order valence-corrected chi connectivity index (χ4v) is 1.65. The smallest absolute Gasteiger partial charge is 0.253 e. The molecule has 1 aliphatic rings. The lowest BCUT2D eigenvalue weighted by molar-refractivity contribution is -0.120. The largest absolute Gasteiger partial charge is 0.347 e. The van der Waals surface area contributed by atoms with Crippen LogP contribution in [0.3, 0.4) is 0 Å². The Morgan fingerprint density at radius 3 is 2.43 bits per heavy atom. The Balaban J connectivity index is 2.27. The van der Waals surface area contributed by atoms with Crippen LogP contribution in [0.1, 0.15) is 11.6 Å². The summed E-state index contributed by atoms with van der Waals surface area (Å²) in [4.78, 5) is 11.4. The van der Waals surface area contributed by atoms with Crippen LogP contribution in [-0.2, 0) is 4.79 Å². The monoisotopic (exact) mass is 226 g/mol. The van der Waals surface area contributed by atoms with Crippen molar-refractivity contribution < 1.29 is 4.79 Å². The van der Waals surface area contributed by atoms with Crippen LogP contribution in [0.4, 0.5) is 0 Å². The highest BCUT2D eigenvalue weighted by Crippen LogP contribution is 2.18. The molecule has 1 aromatic carbocycles. The fourth-order valence-electron chi connectivity index (χ4n) is 1.31. The van der Waals surface area contributed by atoms with E-state index in [1.807, 2.05) is 0 Å². The predicted molar refractivity (Wildman–Crippen MR) is 58.1 cm³/mol. The van der Waals surface area contributed by atoms with Crippen LogP contribution in [0, 0.1) is 0 Å². The van der Waals surface area contributed by atoms with Crippen molar-refractivity contribution in [3.05, 3.63) is 34.9 Å². The van der Waals surface area contributed by atoms with E-state index in [9.17, 15) is 4.79 Å². The number of hydrogen-bond donors (Lipinski definition) is 2. The first-order valence-corrected chi connectivity index (χ1v) is 4.82. The van der Waals surface area contributed by atoms with E-state index in [2.05, 4.69) is 10.6 Å². The molecule has 3 nitrogen and oxygen atoms in total. The first-order chi connectivity index (χ1) is 6.66. The highest BCUT2D eigenvalue weighted by atomic mass is 35.5. The van der Waals surface area contributed by atoms with E-state index in [-0.39, 0.29) is 11.9 Å². The van der Waals surface area contributed by atoms with Crippen molar-refractivity contribution in [1.82, 2.24) is 10.6 Å². The molecule has 0 saturated carbocycles. The lowest BCUT2D eigenvalue weighted by atomic mass is 10.1. The predicted octanol–water partition coefficient (Wildman–Crippen LogP) is 1.39. The van der Waals surface area contributed by atoms with E-state index in [0.29, 0.717) is 10.1 Å². The van der Waals surface area contributed by atoms with Gasteiger partial charge in [0.25, 0.3) is 5.91 Å². The Bertz CT molecular complexity index is 390. The molecule has 2 N–H and O–H groups in total. The second kappa shape index (κ2) is 3.55. The Morgan fingerprint density at radius 2 is 1.93 bits per heavy atom. The summed E-state index contributed by atoms with van der Waals surface area (Å²) in [6.45, 7) is 0. The Kier molecular flexibility index (Phi) is 2.39. The maximum Gasteiger partial charge on any atom is 0.253 e. The highest BCUT2D eigenvalue weighted by Gasteiger charge is 2.28. The van der Waals surface area contributed by atoms with Gasteiger partial charge in [0, 0.05) is 5.02 Å². The minimum absolute atomic E-state index is 0.127. The van der Waals surface area contributed by atoms with Gasteiger partial charge in [-0.1, -0.05) is 23.7 Å². The Morgan fingerprint density at radius 1 is 1.29 bits per heavy atom. The van der Waals surface area contributed by atoms with Crippen molar-refractivity contribution in [2.75, 3.05) is 0 Å². The maximum absolute atomic E-state index is 11.4. The SMILES string of the molecule is O=C1NC(=S)N[C@H]1c1ccc(Cl)cc1. The van der Waals surface area contributed by atoms with Gasteiger partial charge in [0.05, 0.1) is 0 Å². The van der Waals surface area contributed by atoms with Gasteiger partial charge in [0.15, 0.2) is 5.11 Å². The van der Waals surface area contributed by atoms with Gasteiger partial charge in [-0.15, -0.1) is 0 Å². The highest BCUT2D eigenvalue weighted by molar-refractivity contribution is 7.80. The van der Waals surface area contributed by atoms with E-state index < -0.39 is 0 Å². The molecule has 2 rings (SSSR count). The standard InChI is InChI=1S/C9H7ClN2OS/c10-6-3-1-5(2-4-6)7-8(13)12-9(14)11-7/h1-4,7H,(H2,11,12,13,14)/t7-/m0/s1. The molecular formula is C9H7ClN2OS. The summed E-state index contributed by atoms with van der Waals surface area (Å²) in [6.07, 6.45) is 0. The van der Waals surface area contributed by atoms with E-state index >= 15 is 0 Å². The second-order valence-electron chi connectivity index (χ2n) is 2.95. The third-order valence-electron chi connectivity index (χ3n) is 1.98. The van der Waals surface area contributed by atoms with Crippen molar-refractivity contribution in [3.8, 4) is 0 Å². The van der Waals surface area contributed by atoms with Crippen molar-refractivity contribution in [2.45, 2.75) is 6.04 Å². The molecule has 1 atom stereocenters. The van der Waals surface area contributed by atoms with Crippen LogP contribution in [0.15, 0.2) is 24.3 Å². The van der Waals surface area contributed by atoms with E-state index in [4.69, 9.17) is 23.8 Å². The van der Waals surface area contributed by atoms with Crippen molar-refractivity contribution in [3.63, 3.8) is 0 Å². The zero-order chi connectivity index (χ0) is 10.1. The molecule has 72 valence electrons. The molecule has 1 amide bonds. The molecule has 1 aromatic rings. The number of carbonyl (C=O) groups is 1. The third kappa shape index (κ3) is 1.71. The Hall–Kier alpha value is -1.13. The average Bonchev–Trinajstić information content (AvgIpc) is 2.47. The van der Waals surface area contributed by atoms with Gasteiger partial charge in [0.2, 0.25) is 0 Å². The summed E-state index contributed by atoms with van der Waals surface area (Å²) in [6, 6.07) is 6.70.